The number of hydrogen-bond acceptors (Lipinski definition) is 6. The molecular formula is C19H13N3O4S. The molecule has 1 aromatic heterocycles. The number of benzene rings is 3. The van der Waals surface area contributed by atoms with Gasteiger partial charge in [-0.25, -0.2) is 4.98 Å². The molecule has 4 aromatic rings. The van der Waals surface area contributed by atoms with E-state index in [1.165, 1.54) is 35.6 Å². The number of thiazole rings is 1. The number of amides is 1. The van der Waals surface area contributed by atoms with Gasteiger partial charge in [0.05, 0.1) is 15.1 Å². The van der Waals surface area contributed by atoms with Crippen molar-refractivity contribution >= 4 is 49.1 Å². The van der Waals surface area contributed by atoms with Crippen LogP contribution in [0, 0.1) is 10.1 Å². The summed E-state index contributed by atoms with van der Waals surface area (Å²) in [6.07, 6.45) is 0. The number of hydrogen-bond donors (Lipinski definition) is 1. The van der Waals surface area contributed by atoms with Gasteiger partial charge >= 0.3 is 0 Å². The van der Waals surface area contributed by atoms with Crippen LogP contribution in [-0.4, -0.2) is 22.4 Å². The summed E-state index contributed by atoms with van der Waals surface area (Å²) in [7, 11) is 0. The Kier molecular flexibility index (Phi) is 4.39. The third-order valence-corrected chi connectivity index (χ3v) is 4.88. The van der Waals surface area contributed by atoms with Crippen LogP contribution in [0.4, 0.5) is 10.8 Å². The van der Waals surface area contributed by atoms with Crippen LogP contribution in [0.15, 0.2) is 60.7 Å². The molecule has 0 unspecified atom stereocenters. The minimum absolute atomic E-state index is 0.0338. The smallest absolute Gasteiger partial charge is 0.269 e. The van der Waals surface area contributed by atoms with E-state index in [9.17, 15) is 14.9 Å². The standard InChI is InChI=1S/C19H13N3O4S/c23-17(11-26-14-8-6-13(7-9-14)22(24)25)20-19-21-18-15-4-2-1-3-12(15)5-10-16(18)27-19/h1-10H,11H2,(H,20,21,23). The molecule has 1 N–H and O–H groups in total. The number of nitro benzene ring substituents is 1. The predicted octanol–water partition coefficient (Wildman–Crippen LogP) is 4.38. The average Bonchev–Trinajstić information content (AvgIpc) is 3.09. The number of aromatic nitrogens is 1. The molecule has 0 saturated carbocycles. The zero-order valence-electron chi connectivity index (χ0n) is 13.9. The van der Waals surface area contributed by atoms with Gasteiger partial charge in [-0.15, -0.1) is 0 Å². The summed E-state index contributed by atoms with van der Waals surface area (Å²) in [5.74, 6) is 0.0303. The molecule has 0 saturated heterocycles. The number of carbonyl (C=O) groups excluding carboxylic acids is 1. The molecule has 0 radical (unpaired) electrons. The van der Waals surface area contributed by atoms with E-state index in [0.29, 0.717) is 10.9 Å². The second-order valence-electron chi connectivity index (χ2n) is 5.74. The van der Waals surface area contributed by atoms with Gasteiger partial charge in [0.15, 0.2) is 11.7 Å². The molecule has 1 amide bonds. The maximum atomic E-state index is 12.1. The number of rotatable bonds is 5. The van der Waals surface area contributed by atoms with Gasteiger partial charge < -0.3 is 4.74 Å². The predicted molar refractivity (Wildman–Crippen MR) is 104 cm³/mol. The summed E-state index contributed by atoms with van der Waals surface area (Å²) < 4.78 is 6.35. The minimum Gasteiger partial charge on any atom is -0.484 e. The van der Waals surface area contributed by atoms with Crippen LogP contribution in [-0.2, 0) is 4.79 Å². The minimum atomic E-state index is -0.493. The number of nitro groups is 1. The average molecular weight is 379 g/mol. The lowest BCUT2D eigenvalue weighted by molar-refractivity contribution is -0.384. The van der Waals surface area contributed by atoms with Crippen LogP contribution in [0.1, 0.15) is 0 Å². The molecule has 0 aliphatic heterocycles. The van der Waals surface area contributed by atoms with Crippen LogP contribution in [0.3, 0.4) is 0 Å². The third-order valence-electron chi connectivity index (χ3n) is 3.95. The van der Waals surface area contributed by atoms with Gasteiger partial charge in [-0.3, -0.25) is 20.2 Å². The highest BCUT2D eigenvalue weighted by Gasteiger charge is 2.11. The van der Waals surface area contributed by atoms with E-state index in [1.807, 2.05) is 36.4 Å². The number of ether oxygens (including phenoxy) is 1. The van der Waals surface area contributed by atoms with E-state index >= 15 is 0 Å². The first-order valence-electron chi connectivity index (χ1n) is 8.05. The molecule has 1 heterocycles. The van der Waals surface area contributed by atoms with Crippen LogP contribution < -0.4 is 10.1 Å². The fourth-order valence-electron chi connectivity index (χ4n) is 2.68. The molecule has 3 aromatic carbocycles. The summed E-state index contributed by atoms with van der Waals surface area (Å²) in [4.78, 5) is 26.8. The molecule has 0 aliphatic rings. The molecule has 0 atom stereocenters. The van der Waals surface area contributed by atoms with Crippen LogP contribution in [0.25, 0.3) is 21.0 Å². The molecule has 27 heavy (non-hydrogen) atoms. The van der Waals surface area contributed by atoms with E-state index in [0.717, 1.165) is 21.0 Å². The second-order valence-corrected chi connectivity index (χ2v) is 6.77. The number of anilines is 1. The first-order chi connectivity index (χ1) is 13.1. The molecule has 134 valence electrons. The summed E-state index contributed by atoms with van der Waals surface area (Å²) in [5, 5.41) is 16.0. The molecule has 4 rings (SSSR count). The number of nitrogens with zero attached hydrogens (tertiary/aromatic N) is 2. The van der Waals surface area contributed by atoms with E-state index in [4.69, 9.17) is 4.74 Å². The highest BCUT2D eigenvalue weighted by molar-refractivity contribution is 7.22. The summed E-state index contributed by atoms with van der Waals surface area (Å²) in [6.45, 7) is -0.214. The van der Waals surface area contributed by atoms with E-state index in [1.54, 1.807) is 0 Å². The molecule has 7 nitrogen and oxygen atoms in total. The Balaban J connectivity index is 1.45. The quantitative estimate of drug-likeness (QED) is 0.410. The maximum Gasteiger partial charge on any atom is 0.269 e. The summed E-state index contributed by atoms with van der Waals surface area (Å²) in [5.41, 5.74) is 0.818. The highest BCUT2D eigenvalue weighted by Crippen LogP contribution is 2.31. The number of carbonyl (C=O) groups is 1. The van der Waals surface area contributed by atoms with Crippen molar-refractivity contribution in [3.05, 3.63) is 70.8 Å². The SMILES string of the molecule is O=C(COc1ccc([N+](=O)[O-])cc1)Nc1nc2c(ccc3ccccc32)s1. The second kappa shape index (κ2) is 7.00. The highest BCUT2D eigenvalue weighted by atomic mass is 32.1. The van der Waals surface area contributed by atoms with Crippen LogP contribution >= 0.6 is 11.3 Å². The lowest BCUT2D eigenvalue weighted by atomic mass is 10.1. The van der Waals surface area contributed by atoms with Gasteiger partial charge in [-0.1, -0.05) is 41.7 Å². The van der Waals surface area contributed by atoms with Crippen molar-refractivity contribution in [1.82, 2.24) is 4.98 Å². The normalized spacial score (nSPS) is 10.8. The first-order valence-corrected chi connectivity index (χ1v) is 8.87. The Bertz CT molecular complexity index is 1150. The number of nitrogens with one attached hydrogen (secondary N) is 1. The summed E-state index contributed by atoms with van der Waals surface area (Å²) in [6, 6.07) is 17.5. The lowest BCUT2D eigenvalue weighted by Gasteiger charge is -2.05. The van der Waals surface area contributed by atoms with E-state index in [2.05, 4.69) is 10.3 Å². The molecule has 0 spiro atoms. The van der Waals surface area contributed by atoms with Gasteiger partial charge in [0.25, 0.3) is 11.6 Å². The van der Waals surface area contributed by atoms with E-state index < -0.39 is 4.92 Å². The Morgan fingerprint density at radius 1 is 1.11 bits per heavy atom. The van der Waals surface area contributed by atoms with E-state index in [-0.39, 0.29) is 18.2 Å². The summed E-state index contributed by atoms with van der Waals surface area (Å²) >= 11 is 1.39. The van der Waals surface area contributed by atoms with Crippen LogP contribution in [0.5, 0.6) is 5.75 Å². The van der Waals surface area contributed by atoms with Crippen LogP contribution in [0.2, 0.25) is 0 Å². The Hall–Kier alpha value is -3.52. The van der Waals surface area contributed by atoms with Crippen molar-refractivity contribution < 1.29 is 14.5 Å². The molecule has 0 fully saturated rings. The van der Waals surface area contributed by atoms with Crippen molar-refractivity contribution in [3.63, 3.8) is 0 Å². The van der Waals surface area contributed by atoms with Gasteiger partial charge in [0, 0.05) is 17.5 Å². The van der Waals surface area contributed by atoms with Crippen molar-refractivity contribution in [2.45, 2.75) is 0 Å². The maximum absolute atomic E-state index is 12.1. The van der Waals surface area contributed by atoms with Gasteiger partial charge in [-0.2, -0.15) is 0 Å². The fourth-order valence-corrected chi connectivity index (χ4v) is 3.58. The largest absolute Gasteiger partial charge is 0.484 e. The Morgan fingerprint density at radius 2 is 1.89 bits per heavy atom. The zero-order valence-corrected chi connectivity index (χ0v) is 14.7. The van der Waals surface area contributed by atoms with Crippen molar-refractivity contribution in [3.8, 4) is 5.75 Å². The van der Waals surface area contributed by atoms with Crippen molar-refractivity contribution in [1.29, 1.82) is 0 Å². The number of non-ortho nitro benzene ring substituents is 1. The number of fused-ring (bicyclic) bond motifs is 3. The first kappa shape index (κ1) is 16.9. The Labute approximate surface area is 157 Å². The molecule has 0 bridgehead atoms. The zero-order chi connectivity index (χ0) is 18.8. The van der Waals surface area contributed by atoms with Gasteiger partial charge in [0.1, 0.15) is 5.75 Å². The monoisotopic (exact) mass is 379 g/mol. The third kappa shape index (κ3) is 3.56. The molecular weight excluding hydrogens is 366 g/mol. The van der Waals surface area contributed by atoms with Crippen molar-refractivity contribution in [2.75, 3.05) is 11.9 Å². The Morgan fingerprint density at radius 3 is 2.67 bits per heavy atom. The topological polar surface area (TPSA) is 94.4 Å². The van der Waals surface area contributed by atoms with Crippen molar-refractivity contribution in [2.24, 2.45) is 0 Å². The molecule has 8 heteroatoms. The fraction of sp³-hybridized carbons (Fsp3) is 0.0526. The molecule has 0 aliphatic carbocycles. The lowest BCUT2D eigenvalue weighted by Crippen LogP contribution is -2.19. The van der Waals surface area contributed by atoms with Gasteiger partial charge in [0.2, 0.25) is 0 Å². The van der Waals surface area contributed by atoms with Gasteiger partial charge in [-0.05, 0) is 23.6 Å².